The van der Waals surface area contributed by atoms with E-state index in [1.54, 1.807) is 28.8 Å². The van der Waals surface area contributed by atoms with Crippen LogP contribution in [0.2, 0.25) is 5.02 Å². The van der Waals surface area contributed by atoms with E-state index in [0.717, 1.165) is 11.1 Å². The van der Waals surface area contributed by atoms with Gasteiger partial charge < -0.3 is 0 Å². The van der Waals surface area contributed by atoms with Crippen LogP contribution in [0.3, 0.4) is 0 Å². The highest BCUT2D eigenvalue weighted by molar-refractivity contribution is 7.17. The van der Waals surface area contributed by atoms with Crippen LogP contribution in [0.1, 0.15) is 11.1 Å². The number of halogens is 1. The molecule has 0 N–H and O–H groups in total. The summed E-state index contributed by atoms with van der Waals surface area (Å²) in [6.45, 7) is 2.42. The first-order valence-corrected chi connectivity index (χ1v) is 9.35. The van der Waals surface area contributed by atoms with E-state index in [9.17, 15) is 9.59 Å². The molecule has 2 heterocycles. The Bertz CT molecular complexity index is 1220. The smallest absolute Gasteiger partial charge is 0.288 e. The number of aromatic nitrogens is 2. The normalized spacial score (nSPS) is 11.2. The number of thiophene rings is 1. The molecule has 0 fully saturated rings. The van der Waals surface area contributed by atoms with Gasteiger partial charge in [0.1, 0.15) is 4.70 Å². The van der Waals surface area contributed by atoms with E-state index in [1.165, 1.54) is 15.9 Å². The predicted octanol–water partition coefficient (Wildman–Crippen LogP) is 4.22. The van der Waals surface area contributed by atoms with Gasteiger partial charge in [-0.25, -0.2) is 9.36 Å². The molecule has 6 heteroatoms. The molecule has 0 spiro atoms. The van der Waals surface area contributed by atoms with Crippen LogP contribution in [0.4, 0.5) is 0 Å². The zero-order chi connectivity index (χ0) is 18.3. The van der Waals surface area contributed by atoms with Crippen molar-refractivity contribution >= 4 is 33.2 Å². The first-order chi connectivity index (χ1) is 12.6. The van der Waals surface area contributed by atoms with Crippen LogP contribution in [0.15, 0.2) is 69.6 Å². The zero-order valence-electron chi connectivity index (χ0n) is 14.0. The Kier molecular flexibility index (Phi) is 4.26. The zero-order valence-corrected chi connectivity index (χ0v) is 15.6. The summed E-state index contributed by atoms with van der Waals surface area (Å²) in [5, 5.41) is 2.39. The van der Waals surface area contributed by atoms with Crippen molar-refractivity contribution in [3.05, 3.63) is 97.0 Å². The maximum Gasteiger partial charge on any atom is 0.336 e. The number of benzene rings is 2. The van der Waals surface area contributed by atoms with Crippen LogP contribution in [-0.4, -0.2) is 9.13 Å². The number of rotatable bonds is 3. The highest BCUT2D eigenvalue weighted by atomic mass is 35.5. The minimum absolute atomic E-state index is 0.302. The lowest BCUT2D eigenvalue weighted by Crippen LogP contribution is -2.38. The molecule has 0 aliphatic heterocycles. The summed E-state index contributed by atoms with van der Waals surface area (Å²) in [5.41, 5.74) is 2.67. The summed E-state index contributed by atoms with van der Waals surface area (Å²) in [6, 6.07) is 16.5. The van der Waals surface area contributed by atoms with Crippen molar-refractivity contribution in [3.63, 3.8) is 0 Å². The van der Waals surface area contributed by atoms with E-state index in [-0.39, 0.29) is 11.2 Å². The van der Waals surface area contributed by atoms with Gasteiger partial charge in [-0.15, -0.1) is 11.3 Å². The van der Waals surface area contributed by atoms with Gasteiger partial charge in [0.2, 0.25) is 0 Å². The fourth-order valence-electron chi connectivity index (χ4n) is 3.02. The summed E-state index contributed by atoms with van der Waals surface area (Å²) in [5.74, 6) is 0. The molecule has 2 aromatic carbocycles. The van der Waals surface area contributed by atoms with E-state index in [0.29, 0.717) is 27.5 Å². The molecule has 0 saturated carbocycles. The maximum atomic E-state index is 13.2. The fourth-order valence-corrected chi connectivity index (χ4v) is 3.97. The van der Waals surface area contributed by atoms with Crippen LogP contribution >= 0.6 is 22.9 Å². The van der Waals surface area contributed by atoms with Gasteiger partial charge in [0, 0.05) is 5.02 Å². The van der Waals surface area contributed by atoms with Gasteiger partial charge in [-0.2, -0.15) is 0 Å². The molecule has 26 heavy (non-hydrogen) atoms. The van der Waals surface area contributed by atoms with Gasteiger partial charge in [-0.1, -0.05) is 35.9 Å². The number of fused-ring (bicyclic) bond motifs is 1. The van der Waals surface area contributed by atoms with Crippen molar-refractivity contribution < 1.29 is 0 Å². The Labute approximate surface area is 158 Å². The minimum Gasteiger partial charge on any atom is -0.288 e. The van der Waals surface area contributed by atoms with E-state index in [4.69, 9.17) is 11.6 Å². The minimum atomic E-state index is -0.355. The van der Waals surface area contributed by atoms with E-state index in [2.05, 4.69) is 0 Å². The van der Waals surface area contributed by atoms with Crippen LogP contribution < -0.4 is 11.2 Å². The molecule has 0 aliphatic carbocycles. The topological polar surface area (TPSA) is 44.0 Å². The third-order valence-electron chi connectivity index (χ3n) is 4.43. The Hall–Kier alpha value is -2.63. The molecule has 0 radical (unpaired) electrons. The van der Waals surface area contributed by atoms with Gasteiger partial charge in [-0.05, 0) is 53.8 Å². The molecule has 130 valence electrons. The highest BCUT2D eigenvalue weighted by Crippen LogP contribution is 2.19. The van der Waals surface area contributed by atoms with Crippen LogP contribution in [-0.2, 0) is 6.54 Å². The van der Waals surface area contributed by atoms with Crippen LogP contribution in [0, 0.1) is 6.92 Å². The predicted molar refractivity (Wildman–Crippen MR) is 107 cm³/mol. The number of hydrogen-bond donors (Lipinski definition) is 0. The molecular formula is C20H15ClN2O2S. The van der Waals surface area contributed by atoms with Crippen LogP contribution in [0.5, 0.6) is 0 Å². The highest BCUT2D eigenvalue weighted by Gasteiger charge is 2.16. The van der Waals surface area contributed by atoms with Crippen molar-refractivity contribution in [2.75, 3.05) is 0 Å². The monoisotopic (exact) mass is 382 g/mol. The van der Waals surface area contributed by atoms with Gasteiger partial charge in [0.05, 0.1) is 17.7 Å². The molecule has 4 aromatic rings. The van der Waals surface area contributed by atoms with Crippen molar-refractivity contribution in [2.24, 2.45) is 0 Å². The van der Waals surface area contributed by atoms with Gasteiger partial charge in [0.25, 0.3) is 5.56 Å². The first kappa shape index (κ1) is 16.8. The van der Waals surface area contributed by atoms with Crippen molar-refractivity contribution in [2.45, 2.75) is 13.5 Å². The second-order valence-corrected chi connectivity index (χ2v) is 7.40. The summed E-state index contributed by atoms with van der Waals surface area (Å²) < 4.78 is 3.44. The molecule has 4 rings (SSSR count). The maximum absolute atomic E-state index is 13.2. The van der Waals surface area contributed by atoms with Crippen LogP contribution in [0.25, 0.3) is 15.9 Å². The van der Waals surface area contributed by atoms with Crippen molar-refractivity contribution in [3.8, 4) is 5.69 Å². The third-order valence-corrected chi connectivity index (χ3v) is 5.57. The fraction of sp³-hybridized carbons (Fsp3) is 0.100. The molecule has 0 bridgehead atoms. The molecule has 0 unspecified atom stereocenters. The van der Waals surface area contributed by atoms with E-state index < -0.39 is 0 Å². The molecule has 4 nitrogen and oxygen atoms in total. The molecule has 0 amide bonds. The molecule has 0 aliphatic rings. The van der Waals surface area contributed by atoms with Gasteiger partial charge >= 0.3 is 5.69 Å². The summed E-state index contributed by atoms with van der Waals surface area (Å²) in [7, 11) is 0. The van der Waals surface area contributed by atoms with Crippen molar-refractivity contribution in [1.29, 1.82) is 0 Å². The first-order valence-electron chi connectivity index (χ1n) is 8.10. The number of aryl methyl sites for hydroxylation is 1. The standard InChI is InChI=1S/C20H15ClN2O2S/c1-13-4-2-3-5-14(13)12-22-17-10-11-26-18(17)19(24)23(20(22)25)16-8-6-15(21)7-9-16/h2-11H,12H2,1H3. The summed E-state index contributed by atoms with van der Waals surface area (Å²) >= 11 is 7.29. The Morgan fingerprint density at radius 2 is 1.73 bits per heavy atom. The van der Waals surface area contributed by atoms with Crippen molar-refractivity contribution in [1.82, 2.24) is 9.13 Å². The average molecular weight is 383 g/mol. The molecule has 0 saturated heterocycles. The largest absolute Gasteiger partial charge is 0.336 e. The quantitative estimate of drug-likeness (QED) is 0.532. The molecular weight excluding hydrogens is 368 g/mol. The Morgan fingerprint density at radius 3 is 2.46 bits per heavy atom. The lowest BCUT2D eigenvalue weighted by atomic mass is 10.1. The second kappa shape index (κ2) is 6.59. The average Bonchev–Trinajstić information content (AvgIpc) is 3.12. The van der Waals surface area contributed by atoms with Gasteiger partial charge in [0.15, 0.2) is 0 Å². The third kappa shape index (κ3) is 2.79. The number of nitrogens with zero attached hydrogens (tertiary/aromatic N) is 2. The van der Waals surface area contributed by atoms with E-state index in [1.807, 2.05) is 42.6 Å². The second-order valence-electron chi connectivity index (χ2n) is 6.05. The lowest BCUT2D eigenvalue weighted by Gasteiger charge is -2.13. The Balaban J connectivity index is 2.00. The number of hydrogen-bond acceptors (Lipinski definition) is 3. The molecule has 0 atom stereocenters. The summed E-state index contributed by atoms with van der Waals surface area (Å²) in [4.78, 5) is 26.1. The molecule has 2 aromatic heterocycles. The lowest BCUT2D eigenvalue weighted by molar-refractivity contribution is 0.714. The summed E-state index contributed by atoms with van der Waals surface area (Å²) in [6.07, 6.45) is 0. The van der Waals surface area contributed by atoms with Gasteiger partial charge in [-0.3, -0.25) is 9.36 Å². The Morgan fingerprint density at radius 1 is 1.00 bits per heavy atom. The van der Waals surface area contributed by atoms with E-state index >= 15 is 0 Å². The SMILES string of the molecule is Cc1ccccc1Cn1c(=O)n(-c2ccc(Cl)cc2)c(=O)c2sccc21.